The monoisotopic (exact) mass is 538 g/mol. The van der Waals surface area contributed by atoms with E-state index in [0.717, 1.165) is 34.0 Å². The Balaban J connectivity index is 1.48. The van der Waals surface area contributed by atoms with Gasteiger partial charge in [-0.15, -0.1) is 10.2 Å². The number of carbonyl (C=O) groups excluding carboxylic acids is 1. The summed E-state index contributed by atoms with van der Waals surface area (Å²) in [6.45, 7) is 1.91. The number of likely N-dealkylation sites (N-methyl/N-ethyl adjacent to an activating group) is 1. The average molecular weight is 538 g/mol. The minimum Gasteiger partial charge on any atom is -0.369 e. The number of halogens is 6. The number of carbonyl (C=O) groups is 1. The van der Waals surface area contributed by atoms with Gasteiger partial charge in [-0.05, 0) is 42.4 Å². The molecule has 38 heavy (non-hydrogen) atoms. The fraction of sp³-hybridized carbons (Fsp3) is 0.400. The van der Waals surface area contributed by atoms with Crippen molar-refractivity contribution in [3.8, 4) is 0 Å². The van der Waals surface area contributed by atoms with Gasteiger partial charge in [-0.2, -0.15) is 22.0 Å². The van der Waals surface area contributed by atoms with E-state index in [2.05, 4.69) is 15.1 Å². The Hall–Kier alpha value is -3.61. The molecule has 1 fully saturated rings. The van der Waals surface area contributed by atoms with Gasteiger partial charge in [0.05, 0.1) is 12.1 Å². The molecule has 1 unspecified atom stereocenters. The number of piperazine rings is 1. The Morgan fingerprint density at radius 3 is 2.29 bits per heavy atom. The number of aromatic nitrogens is 3. The van der Waals surface area contributed by atoms with E-state index in [-0.39, 0.29) is 16.8 Å². The Labute approximate surface area is 214 Å². The summed E-state index contributed by atoms with van der Waals surface area (Å²) in [5, 5.41) is 6.67. The summed E-state index contributed by atoms with van der Waals surface area (Å²) in [5.74, 6) is -5.64. The third-order valence-electron chi connectivity index (χ3n) is 7.00. The topological polar surface area (TPSA) is 57.5 Å². The highest BCUT2D eigenvalue weighted by atomic mass is 19.4. The van der Waals surface area contributed by atoms with Crippen molar-refractivity contribution in [3.05, 3.63) is 70.8 Å². The highest BCUT2D eigenvalue weighted by molar-refractivity contribution is 6.11. The van der Waals surface area contributed by atoms with Crippen LogP contribution in [-0.4, -0.2) is 58.8 Å². The van der Waals surface area contributed by atoms with E-state index in [1.54, 1.807) is 4.90 Å². The second kappa shape index (κ2) is 9.29. The molecule has 13 heteroatoms. The van der Waals surface area contributed by atoms with E-state index in [0.29, 0.717) is 31.9 Å². The van der Waals surface area contributed by atoms with Crippen LogP contribution in [0.25, 0.3) is 0 Å². The lowest BCUT2D eigenvalue weighted by Gasteiger charge is -2.34. The van der Waals surface area contributed by atoms with E-state index >= 15 is 4.39 Å². The molecular weight excluding hydrogens is 514 g/mol. The van der Waals surface area contributed by atoms with Gasteiger partial charge >= 0.3 is 12.1 Å². The maximum Gasteiger partial charge on any atom is 0.416 e. The van der Waals surface area contributed by atoms with Crippen molar-refractivity contribution in [2.75, 3.05) is 43.0 Å². The summed E-state index contributed by atoms with van der Waals surface area (Å²) in [4.78, 5) is 18.2. The maximum absolute atomic E-state index is 15.1. The van der Waals surface area contributed by atoms with Crippen molar-refractivity contribution < 1.29 is 31.1 Å². The third-order valence-corrected chi connectivity index (χ3v) is 7.00. The number of nitrogens with zero attached hydrogens (tertiary/aromatic N) is 6. The Morgan fingerprint density at radius 2 is 1.66 bits per heavy atom. The zero-order valence-corrected chi connectivity index (χ0v) is 20.5. The lowest BCUT2D eigenvalue weighted by molar-refractivity contribution is -0.138. The lowest BCUT2D eigenvalue weighted by Crippen LogP contribution is -2.44. The second-order valence-electron chi connectivity index (χ2n) is 9.54. The highest BCUT2D eigenvalue weighted by Gasteiger charge is 2.47. The molecule has 2 aliphatic heterocycles. The quantitative estimate of drug-likeness (QED) is 0.447. The smallest absolute Gasteiger partial charge is 0.369 e. The first-order valence-corrected chi connectivity index (χ1v) is 11.8. The van der Waals surface area contributed by atoms with Gasteiger partial charge in [0.2, 0.25) is 5.82 Å². The molecule has 1 saturated heterocycles. The van der Waals surface area contributed by atoms with Gasteiger partial charge in [0.15, 0.2) is 6.17 Å². The molecule has 0 saturated carbocycles. The van der Waals surface area contributed by atoms with Crippen molar-refractivity contribution in [2.45, 2.75) is 24.8 Å². The Kier molecular flexibility index (Phi) is 6.36. The van der Waals surface area contributed by atoms with Gasteiger partial charge in [-0.1, -0.05) is 12.1 Å². The molecule has 2 aromatic carbocycles. The minimum absolute atomic E-state index is 0.00869. The normalized spacial score (nSPS) is 17.7. The first kappa shape index (κ1) is 26.0. The molecule has 1 amide bonds. The number of amides is 1. The first-order valence-electron chi connectivity index (χ1n) is 11.8. The zero-order valence-electron chi connectivity index (χ0n) is 20.5. The van der Waals surface area contributed by atoms with Crippen molar-refractivity contribution in [1.82, 2.24) is 19.7 Å². The molecule has 0 spiro atoms. The number of rotatable bonds is 5. The van der Waals surface area contributed by atoms with Crippen LogP contribution < -0.4 is 9.80 Å². The minimum atomic E-state index is -4.72. The molecule has 202 valence electrons. The molecule has 0 aliphatic carbocycles. The molecule has 0 radical (unpaired) electrons. The highest BCUT2D eigenvalue weighted by Crippen LogP contribution is 2.44. The predicted molar refractivity (Wildman–Crippen MR) is 127 cm³/mol. The van der Waals surface area contributed by atoms with Crippen molar-refractivity contribution in [1.29, 1.82) is 0 Å². The molecule has 1 aromatic heterocycles. The van der Waals surface area contributed by atoms with Crippen molar-refractivity contribution >= 4 is 17.3 Å². The maximum atomic E-state index is 15.1. The van der Waals surface area contributed by atoms with Gasteiger partial charge < -0.3 is 19.3 Å². The molecule has 7 nitrogen and oxygen atoms in total. The summed E-state index contributed by atoms with van der Waals surface area (Å²) in [5.41, 5.74) is -1.39. The SMILES string of the molecule is CN1CCN(c2cc3c(c(C(F)(F)F)c2)CN(c2cccc(C(F)C(F)(F)c4nncn4C)c2)C3=O)CC1. The predicted octanol–water partition coefficient (Wildman–Crippen LogP) is 4.55. The molecule has 0 bridgehead atoms. The molecule has 1 atom stereocenters. The molecule has 0 N–H and O–H groups in total. The van der Waals surface area contributed by atoms with Crippen LogP contribution in [0.15, 0.2) is 42.7 Å². The van der Waals surface area contributed by atoms with E-state index < -0.39 is 47.7 Å². The summed E-state index contributed by atoms with van der Waals surface area (Å²) in [7, 11) is 3.17. The van der Waals surface area contributed by atoms with Crippen LogP contribution >= 0.6 is 0 Å². The number of alkyl halides is 6. The number of anilines is 2. The van der Waals surface area contributed by atoms with Crippen LogP contribution in [0, 0.1) is 0 Å². The van der Waals surface area contributed by atoms with E-state index in [1.165, 1.54) is 25.2 Å². The van der Waals surface area contributed by atoms with Crippen molar-refractivity contribution in [3.63, 3.8) is 0 Å². The molecule has 5 rings (SSSR count). The fourth-order valence-electron chi connectivity index (χ4n) is 4.86. The standard InChI is InChI=1S/C25H24F6N6O/c1-34-6-8-36(9-7-34)17-11-18-19(20(12-17)25(29,30)31)13-37(22(18)38)16-5-3-4-15(10-16)21(26)24(27,28)23-33-32-14-35(23)2/h3-5,10-12,14,21H,6-9,13H2,1-2H3. The van der Waals surface area contributed by atoms with Crippen LogP contribution in [0.2, 0.25) is 0 Å². The van der Waals surface area contributed by atoms with E-state index in [9.17, 15) is 26.7 Å². The van der Waals surface area contributed by atoms with Gasteiger partial charge in [-0.3, -0.25) is 4.79 Å². The molecule has 2 aliphatic rings. The van der Waals surface area contributed by atoms with Crippen molar-refractivity contribution in [2.24, 2.45) is 7.05 Å². The van der Waals surface area contributed by atoms with E-state index in [4.69, 9.17) is 0 Å². The molecule has 3 heterocycles. The number of aryl methyl sites for hydroxylation is 1. The van der Waals surface area contributed by atoms with Gasteiger partial charge in [0.1, 0.15) is 6.33 Å². The lowest BCUT2D eigenvalue weighted by atomic mass is 10.0. The number of fused-ring (bicyclic) bond motifs is 1. The first-order chi connectivity index (χ1) is 17.9. The third kappa shape index (κ3) is 4.48. The van der Waals surface area contributed by atoms with Gasteiger partial charge in [-0.25, -0.2) is 4.39 Å². The number of hydrogen-bond acceptors (Lipinski definition) is 5. The number of hydrogen-bond donors (Lipinski definition) is 0. The molecular formula is C25H24F6N6O. The van der Waals surface area contributed by atoms with Crippen LogP contribution in [0.5, 0.6) is 0 Å². The van der Waals surface area contributed by atoms with Gasteiger partial charge in [0, 0.05) is 50.2 Å². The summed E-state index contributed by atoms with van der Waals surface area (Å²) < 4.78 is 87.9. The largest absolute Gasteiger partial charge is 0.416 e. The van der Waals surface area contributed by atoms with Crippen LogP contribution in [0.1, 0.15) is 39.0 Å². The fourth-order valence-corrected chi connectivity index (χ4v) is 4.86. The average Bonchev–Trinajstić information content (AvgIpc) is 3.46. The summed E-state index contributed by atoms with van der Waals surface area (Å²) >= 11 is 0. The number of benzene rings is 2. The van der Waals surface area contributed by atoms with Crippen LogP contribution in [0.4, 0.5) is 37.7 Å². The van der Waals surface area contributed by atoms with Crippen LogP contribution in [0.3, 0.4) is 0 Å². The summed E-state index contributed by atoms with van der Waals surface area (Å²) in [6.07, 6.45) is -6.53. The van der Waals surface area contributed by atoms with E-state index in [1.807, 2.05) is 7.05 Å². The zero-order chi connectivity index (χ0) is 27.4. The summed E-state index contributed by atoms with van der Waals surface area (Å²) in [6, 6.07) is 7.32. The second-order valence-corrected chi connectivity index (χ2v) is 9.54. The molecule has 3 aromatic rings. The Morgan fingerprint density at radius 1 is 0.947 bits per heavy atom. The van der Waals surface area contributed by atoms with Crippen LogP contribution in [-0.2, 0) is 25.7 Å². The van der Waals surface area contributed by atoms with Gasteiger partial charge in [0.25, 0.3) is 5.91 Å². The Bertz CT molecular complexity index is 1360.